The van der Waals surface area contributed by atoms with Crippen molar-refractivity contribution in [2.24, 2.45) is 5.92 Å². The van der Waals surface area contributed by atoms with Crippen molar-refractivity contribution < 1.29 is 9.47 Å². The number of hydrogen-bond donors (Lipinski definition) is 0. The van der Waals surface area contributed by atoms with E-state index in [-0.39, 0.29) is 6.29 Å². The molecule has 0 bridgehead atoms. The monoisotopic (exact) mass is 326 g/mol. The molecule has 0 aliphatic heterocycles. The lowest BCUT2D eigenvalue weighted by atomic mass is 9.99. The van der Waals surface area contributed by atoms with Gasteiger partial charge >= 0.3 is 0 Å². The van der Waals surface area contributed by atoms with Crippen LogP contribution in [0.3, 0.4) is 0 Å². The quantitative estimate of drug-likeness (QED) is 0.541. The van der Waals surface area contributed by atoms with Crippen LogP contribution in [0.2, 0.25) is 0 Å². The maximum absolute atomic E-state index is 6.06. The molecule has 0 fully saturated rings. The first kappa shape index (κ1) is 18.5. The summed E-state index contributed by atoms with van der Waals surface area (Å²) >= 11 is 0. The van der Waals surface area contributed by atoms with Crippen LogP contribution in [-0.2, 0) is 11.2 Å². The molecule has 0 saturated heterocycles. The van der Waals surface area contributed by atoms with Gasteiger partial charge < -0.3 is 9.47 Å². The van der Waals surface area contributed by atoms with Gasteiger partial charge in [-0.1, -0.05) is 70.2 Å². The van der Waals surface area contributed by atoms with Crippen molar-refractivity contribution in [2.75, 3.05) is 6.61 Å². The van der Waals surface area contributed by atoms with Crippen molar-refractivity contribution in [3.05, 3.63) is 65.7 Å². The third-order valence-corrected chi connectivity index (χ3v) is 4.37. The maximum Gasteiger partial charge on any atom is 0.202 e. The molecule has 2 heteroatoms. The molecule has 24 heavy (non-hydrogen) atoms. The molecule has 0 aliphatic rings. The summed E-state index contributed by atoms with van der Waals surface area (Å²) in [5.74, 6) is 1.76. The van der Waals surface area contributed by atoms with Crippen LogP contribution in [0.1, 0.15) is 51.2 Å². The molecule has 0 amide bonds. The van der Waals surface area contributed by atoms with E-state index in [4.69, 9.17) is 9.47 Å². The molecule has 0 N–H and O–H groups in total. The molecule has 130 valence electrons. The van der Waals surface area contributed by atoms with E-state index in [1.165, 1.54) is 11.1 Å². The second-order valence-electron chi connectivity index (χ2n) is 6.71. The van der Waals surface area contributed by atoms with Gasteiger partial charge in [0.05, 0.1) is 6.61 Å². The van der Waals surface area contributed by atoms with Gasteiger partial charge in [0.15, 0.2) is 0 Å². The molecule has 2 nitrogen and oxygen atoms in total. The molecule has 0 saturated carbocycles. The van der Waals surface area contributed by atoms with Crippen LogP contribution in [0.25, 0.3) is 0 Å². The first-order chi connectivity index (χ1) is 11.6. The van der Waals surface area contributed by atoms with Gasteiger partial charge in [-0.05, 0) is 42.0 Å². The molecule has 2 aromatic carbocycles. The van der Waals surface area contributed by atoms with Gasteiger partial charge in [0, 0.05) is 5.92 Å². The second kappa shape index (κ2) is 9.48. The summed E-state index contributed by atoms with van der Waals surface area (Å²) in [4.78, 5) is 0. The Morgan fingerprint density at radius 3 is 2.12 bits per heavy atom. The number of benzene rings is 2. The highest BCUT2D eigenvalue weighted by Crippen LogP contribution is 2.23. The molecular formula is C22H30O2. The summed E-state index contributed by atoms with van der Waals surface area (Å²) in [5, 5.41) is 0. The van der Waals surface area contributed by atoms with Gasteiger partial charge in [0.2, 0.25) is 6.29 Å². The van der Waals surface area contributed by atoms with E-state index in [9.17, 15) is 0 Å². The minimum absolute atomic E-state index is 0.219. The fourth-order valence-corrected chi connectivity index (χ4v) is 2.54. The second-order valence-corrected chi connectivity index (χ2v) is 6.71. The van der Waals surface area contributed by atoms with E-state index in [1.54, 1.807) is 0 Å². The Balaban J connectivity index is 1.88. The molecule has 2 atom stereocenters. The van der Waals surface area contributed by atoms with Gasteiger partial charge in [-0.25, -0.2) is 0 Å². The van der Waals surface area contributed by atoms with E-state index >= 15 is 0 Å². The molecule has 2 rings (SSSR count). The predicted octanol–water partition coefficient (Wildman–Crippen LogP) is 5.82. The van der Waals surface area contributed by atoms with Crippen molar-refractivity contribution in [3.63, 3.8) is 0 Å². The van der Waals surface area contributed by atoms with Crippen molar-refractivity contribution >= 4 is 0 Å². The topological polar surface area (TPSA) is 18.5 Å². The van der Waals surface area contributed by atoms with E-state index in [2.05, 4.69) is 76.2 Å². The highest BCUT2D eigenvalue weighted by atomic mass is 16.7. The standard InChI is InChI=1S/C22H30O2/c1-5-18(4)20-11-13-21(14-12-20)24-22(17(2)3)23-16-15-19-9-7-6-8-10-19/h6-14,17-18,22H,5,15-16H2,1-4H3. The molecular weight excluding hydrogens is 296 g/mol. The Bertz CT molecular complexity index is 575. The van der Waals surface area contributed by atoms with Crippen molar-refractivity contribution in [1.82, 2.24) is 0 Å². The molecule has 0 aliphatic carbocycles. The Hall–Kier alpha value is -1.80. The fraction of sp³-hybridized carbons (Fsp3) is 0.455. The highest BCUT2D eigenvalue weighted by Gasteiger charge is 2.16. The summed E-state index contributed by atoms with van der Waals surface area (Å²) in [7, 11) is 0. The van der Waals surface area contributed by atoms with Gasteiger partial charge in [-0.3, -0.25) is 0 Å². The highest BCUT2D eigenvalue weighted by molar-refractivity contribution is 5.29. The minimum atomic E-state index is -0.219. The van der Waals surface area contributed by atoms with Gasteiger partial charge in [0.1, 0.15) is 5.75 Å². The van der Waals surface area contributed by atoms with Crippen molar-refractivity contribution in [1.29, 1.82) is 0 Å². The van der Waals surface area contributed by atoms with Crippen LogP contribution in [0.4, 0.5) is 0 Å². The Morgan fingerprint density at radius 2 is 1.54 bits per heavy atom. The van der Waals surface area contributed by atoms with Crippen molar-refractivity contribution in [3.8, 4) is 5.75 Å². The molecule has 0 aromatic heterocycles. The predicted molar refractivity (Wildman–Crippen MR) is 101 cm³/mol. The summed E-state index contributed by atoms with van der Waals surface area (Å²) in [5.41, 5.74) is 2.65. The Kier molecular flexibility index (Phi) is 7.33. The SMILES string of the molecule is CCC(C)c1ccc(OC(OCCc2ccccc2)C(C)C)cc1. The van der Waals surface area contributed by atoms with E-state index in [0.717, 1.165) is 18.6 Å². The average Bonchev–Trinajstić information content (AvgIpc) is 2.61. The van der Waals surface area contributed by atoms with Crippen LogP contribution in [-0.4, -0.2) is 12.9 Å². The third-order valence-electron chi connectivity index (χ3n) is 4.37. The van der Waals surface area contributed by atoms with Gasteiger partial charge in [-0.15, -0.1) is 0 Å². The van der Waals surface area contributed by atoms with Crippen LogP contribution in [0.15, 0.2) is 54.6 Å². The van der Waals surface area contributed by atoms with Gasteiger partial charge in [0.25, 0.3) is 0 Å². The summed E-state index contributed by atoms with van der Waals surface area (Å²) < 4.78 is 12.0. The zero-order chi connectivity index (χ0) is 17.4. The molecule has 0 radical (unpaired) electrons. The summed E-state index contributed by atoms with van der Waals surface area (Å²) in [6, 6.07) is 18.8. The van der Waals surface area contributed by atoms with Crippen molar-refractivity contribution in [2.45, 2.75) is 52.7 Å². The first-order valence-electron chi connectivity index (χ1n) is 9.02. The normalized spacial score (nSPS) is 13.7. The van der Waals surface area contributed by atoms with E-state index in [1.807, 2.05) is 6.07 Å². The number of hydrogen-bond acceptors (Lipinski definition) is 2. The van der Waals surface area contributed by atoms with Crippen LogP contribution < -0.4 is 4.74 Å². The molecule has 0 heterocycles. The Labute approximate surface area is 146 Å². The van der Waals surface area contributed by atoms with Gasteiger partial charge in [-0.2, -0.15) is 0 Å². The lowest BCUT2D eigenvalue weighted by molar-refractivity contribution is -0.106. The summed E-state index contributed by atoms with van der Waals surface area (Å²) in [6.45, 7) is 9.38. The maximum atomic E-state index is 6.06. The van der Waals surface area contributed by atoms with Crippen LogP contribution in [0.5, 0.6) is 5.75 Å². The smallest absolute Gasteiger partial charge is 0.202 e. The minimum Gasteiger partial charge on any atom is -0.465 e. The fourth-order valence-electron chi connectivity index (χ4n) is 2.54. The van der Waals surface area contributed by atoms with Crippen LogP contribution >= 0.6 is 0 Å². The zero-order valence-corrected chi connectivity index (χ0v) is 15.4. The molecule has 2 aromatic rings. The average molecular weight is 326 g/mol. The summed E-state index contributed by atoms with van der Waals surface area (Å²) in [6.07, 6.45) is 1.83. The van der Waals surface area contributed by atoms with E-state index in [0.29, 0.717) is 18.4 Å². The molecule has 2 unspecified atom stereocenters. The lowest BCUT2D eigenvalue weighted by Gasteiger charge is -2.23. The number of ether oxygens (including phenoxy) is 2. The lowest BCUT2D eigenvalue weighted by Crippen LogP contribution is -2.27. The third kappa shape index (κ3) is 5.68. The van der Waals surface area contributed by atoms with E-state index < -0.39 is 0 Å². The largest absolute Gasteiger partial charge is 0.465 e. The Morgan fingerprint density at radius 1 is 0.875 bits per heavy atom. The van der Waals surface area contributed by atoms with Crippen LogP contribution in [0, 0.1) is 5.92 Å². The zero-order valence-electron chi connectivity index (χ0n) is 15.4. The molecule has 0 spiro atoms. The number of rotatable bonds is 9. The first-order valence-corrected chi connectivity index (χ1v) is 9.02.